The molecule has 1 saturated heterocycles. The van der Waals surface area contributed by atoms with Gasteiger partial charge in [-0.2, -0.15) is 4.31 Å². The molecule has 1 fully saturated rings. The highest BCUT2D eigenvalue weighted by Gasteiger charge is 2.44. The molecule has 1 N–H and O–H groups in total. The molecule has 2 aromatic carbocycles. The van der Waals surface area contributed by atoms with Gasteiger partial charge in [0, 0.05) is 29.7 Å². The number of aryl methyl sites for hydroxylation is 1. The molecular weight excluding hydrogens is 542 g/mol. The minimum absolute atomic E-state index is 0.0409. The maximum absolute atomic E-state index is 13.2. The second kappa shape index (κ2) is 10.8. The van der Waals surface area contributed by atoms with Crippen LogP contribution in [-0.2, 0) is 36.2 Å². The van der Waals surface area contributed by atoms with Crippen LogP contribution in [0.25, 0.3) is 10.9 Å². The average Bonchev–Trinajstić information content (AvgIpc) is 3.25. The topological polar surface area (TPSA) is 132 Å². The lowest BCUT2D eigenvalue weighted by Crippen LogP contribution is -2.44. The number of benzene rings is 2. The molecule has 1 aliphatic heterocycles. The molecule has 0 amide bonds. The van der Waals surface area contributed by atoms with Crippen molar-refractivity contribution in [2.75, 3.05) is 19.3 Å². The molecule has 0 aliphatic carbocycles. The number of nitrogens with zero attached hydrogens (tertiary/aromatic N) is 2. The van der Waals surface area contributed by atoms with Gasteiger partial charge in [0.25, 0.3) is 0 Å². The maximum atomic E-state index is 13.2. The second-order valence-corrected chi connectivity index (χ2v) is 14.3. The van der Waals surface area contributed by atoms with Gasteiger partial charge in [-0.15, -0.1) is 0 Å². The van der Waals surface area contributed by atoms with Gasteiger partial charge in [0.15, 0.2) is 0 Å². The minimum Gasteiger partial charge on any atom is -0.489 e. The zero-order valence-corrected chi connectivity index (χ0v) is 24.2. The number of ether oxygens (including phenoxy) is 2. The number of hydrogen-bond donors (Lipinski definition) is 1. The number of aromatic nitrogens is 1. The normalized spacial score (nSPS) is 18.8. The van der Waals surface area contributed by atoms with E-state index >= 15 is 0 Å². The van der Waals surface area contributed by atoms with Gasteiger partial charge in [0.2, 0.25) is 20.0 Å². The lowest BCUT2D eigenvalue weighted by atomic mass is 10.0. The van der Waals surface area contributed by atoms with Crippen LogP contribution in [0, 0.1) is 12.8 Å². The van der Waals surface area contributed by atoms with Crippen molar-refractivity contribution in [2.45, 2.75) is 50.8 Å². The summed E-state index contributed by atoms with van der Waals surface area (Å²) in [5.41, 5.74) is 1.89. The molecular formula is C27H33N3O7S2. The van der Waals surface area contributed by atoms with E-state index in [1.807, 2.05) is 37.3 Å². The molecule has 0 unspecified atom stereocenters. The Hall–Kier alpha value is -3.06. The summed E-state index contributed by atoms with van der Waals surface area (Å²) < 4.78 is 65.6. The first kappa shape index (κ1) is 28.9. The van der Waals surface area contributed by atoms with Crippen molar-refractivity contribution in [2.24, 2.45) is 5.92 Å². The molecule has 2 atom stereocenters. The standard InChI is InChI=1S/C27H33N3O7S2/c1-18-14-19(22-8-6-7-9-24(22)28-18)17-36-20-10-12-21(13-11-20)39(34,35)29-25-16-30(38(5,32)33)15-23(25)26(31)37-27(2,3)4/h6-14,23,25,29H,15-17H2,1-5H3/t23-,25+/m0/s1. The Kier molecular flexibility index (Phi) is 8.04. The van der Waals surface area contributed by atoms with E-state index in [0.717, 1.165) is 32.7 Å². The van der Waals surface area contributed by atoms with Crippen LogP contribution < -0.4 is 9.46 Å². The summed E-state index contributed by atoms with van der Waals surface area (Å²) in [5.74, 6) is -1.18. The number of carbonyl (C=O) groups excluding carboxylic acids is 1. The first-order valence-corrected chi connectivity index (χ1v) is 15.7. The van der Waals surface area contributed by atoms with Gasteiger partial charge in [-0.1, -0.05) is 18.2 Å². The second-order valence-electron chi connectivity index (χ2n) is 10.6. The summed E-state index contributed by atoms with van der Waals surface area (Å²) in [4.78, 5) is 17.3. The first-order chi connectivity index (χ1) is 18.1. The predicted octanol–water partition coefficient (Wildman–Crippen LogP) is 3.00. The molecule has 4 rings (SSSR count). The quantitative estimate of drug-likeness (QED) is 0.406. The molecule has 0 radical (unpaired) electrons. The van der Waals surface area contributed by atoms with Crippen LogP contribution in [0.3, 0.4) is 0 Å². The number of para-hydroxylation sites is 1. The van der Waals surface area contributed by atoms with Crippen LogP contribution in [0.5, 0.6) is 5.75 Å². The van der Waals surface area contributed by atoms with Crippen LogP contribution in [0.1, 0.15) is 32.0 Å². The maximum Gasteiger partial charge on any atom is 0.312 e. The monoisotopic (exact) mass is 575 g/mol. The number of nitrogens with one attached hydrogen (secondary N) is 1. The number of rotatable bonds is 8. The number of sulfonamides is 2. The fourth-order valence-electron chi connectivity index (χ4n) is 4.43. The fraction of sp³-hybridized carbons (Fsp3) is 0.407. The Labute approximate surface area is 229 Å². The Morgan fingerprint density at radius 3 is 2.36 bits per heavy atom. The zero-order chi connectivity index (χ0) is 28.6. The largest absolute Gasteiger partial charge is 0.489 e. The predicted molar refractivity (Wildman–Crippen MR) is 147 cm³/mol. The summed E-state index contributed by atoms with van der Waals surface area (Å²) in [6.45, 7) is 6.91. The zero-order valence-electron chi connectivity index (χ0n) is 22.5. The molecule has 0 spiro atoms. The third-order valence-corrected chi connectivity index (χ3v) is 8.97. The molecule has 3 aromatic rings. The highest BCUT2D eigenvalue weighted by Crippen LogP contribution is 2.26. The molecule has 0 bridgehead atoms. The summed E-state index contributed by atoms with van der Waals surface area (Å²) in [7, 11) is -7.73. The van der Waals surface area contributed by atoms with Gasteiger partial charge in [0.05, 0.1) is 28.6 Å². The van der Waals surface area contributed by atoms with Crippen molar-refractivity contribution in [1.29, 1.82) is 0 Å². The van der Waals surface area contributed by atoms with Gasteiger partial charge in [-0.05, 0) is 64.1 Å². The molecule has 10 nitrogen and oxygen atoms in total. The van der Waals surface area contributed by atoms with Gasteiger partial charge in [-0.25, -0.2) is 21.6 Å². The molecule has 210 valence electrons. The van der Waals surface area contributed by atoms with Gasteiger partial charge in [-0.3, -0.25) is 9.78 Å². The number of carbonyl (C=O) groups is 1. The van der Waals surface area contributed by atoms with Crippen molar-refractivity contribution >= 4 is 36.9 Å². The highest BCUT2D eigenvalue weighted by atomic mass is 32.2. The third-order valence-electron chi connectivity index (χ3n) is 6.23. The Morgan fingerprint density at radius 1 is 1.05 bits per heavy atom. The average molecular weight is 576 g/mol. The lowest BCUT2D eigenvalue weighted by molar-refractivity contribution is -0.159. The van der Waals surface area contributed by atoms with E-state index in [9.17, 15) is 21.6 Å². The van der Waals surface area contributed by atoms with E-state index in [1.165, 1.54) is 12.1 Å². The number of hydrogen-bond acceptors (Lipinski definition) is 8. The highest BCUT2D eigenvalue weighted by molar-refractivity contribution is 7.89. The Balaban J connectivity index is 1.48. The fourth-order valence-corrected chi connectivity index (χ4v) is 6.56. The minimum atomic E-state index is -4.08. The van der Waals surface area contributed by atoms with Crippen molar-refractivity contribution in [3.8, 4) is 5.75 Å². The summed E-state index contributed by atoms with van der Waals surface area (Å²) in [6.07, 6.45) is 1.02. The molecule has 2 heterocycles. The SMILES string of the molecule is Cc1cc(COc2ccc(S(=O)(=O)N[C@@H]3CN(S(C)(=O)=O)C[C@@H]3C(=O)OC(C)(C)C)cc2)c2ccccc2n1. The van der Waals surface area contributed by atoms with E-state index in [1.54, 1.807) is 32.9 Å². The van der Waals surface area contributed by atoms with Crippen molar-refractivity contribution in [3.05, 3.63) is 65.9 Å². The van der Waals surface area contributed by atoms with Gasteiger partial charge < -0.3 is 9.47 Å². The van der Waals surface area contributed by atoms with Crippen LogP contribution >= 0.6 is 0 Å². The molecule has 39 heavy (non-hydrogen) atoms. The number of pyridine rings is 1. The summed E-state index contributed by atoms with van der Waals surface area (Å²) in [6, 6.07) is 14.6. The Bertz CT molecular complexity index is 1580. The summed E-state index contributed by atoms with van der Waals surface area (Å²) >= 11 is 0. The van der Waals surface area contributed by atoms with Crippen LogP contribution in [0.2, 0.25) is 0 Å². The number of fused-ring (bicyclic) bond motifs is 1. The molecule has 1 aromatic heterocycles. The van der Waals surface area contributed by atoms with Gasteiger partial charge in [0.1, 0.15) is 18.0 Å². The number of esters is 1. The van der Waals surface area contributed by atoms with Gasteiger partial charge >= 0.3 is 5.97 Å². The first-order valence-electron chi connectivity index (χ1n) is 12.4. The third kappa shape index (κ3) is 7.13. The summed E-state index contributed by atoms with van der Waals surface area (Å²) in [5, 5.41) is 0.978. The van der Waals surface area contributed by atoms with E-state index < -0.39 is 43.6 Å². The Morgan fingerprint density at radius 2 is 1.72 bits per heavy atom. The van der Waals surface area contributed by atoms with E-state index in [0.29, 0.717) is 5.75 Å². The van der Waals surface area contributed by atoms with Crippen LogP contribution in [-0.4, -0.2) is 63.1 Å². The van der Waals surface area contributed by atoms with Crippen LogP contribution in [0.4, 0.5) is 0 Å². The molecule has 12 heteroatoms. The molecule has 1 aliphatic rings. The molecule has 0 saturated carbocycles. The van der Waals surface area contributed by atoms with Crippen molar-refractivity contribution in [3.63, 3.8) is 0 Å². The van der Waals surface area contributed by atoms with E-state index in [2.05, 4.69) is 9.71 Å². The van der Waals surface area contributed by atoms with E-state index in [4.69, 9.17) is 9.47 Å². The lowest BCUT2D eigenvalue weighted by Gasteiger charge is -2.24. The smallest absolute Gasteiger partial charge is 0.312 e. The van der Waals surface area contributed by atoms with E-state index in [-0.39, 0.29) is 24.6 Å². The van der Waals surface area contributed by atoms with Crippen LogP contribution in [0.15, 0.2) is 59.5 Å². The van der Waals surface area contributed by atoms with Crippen molar-refractivity contribution in [1.82, 2.24) is 14.0 Å². The van der Waals surface area contributed by atoms with Crippen molar-refractivity contribution < 1.29 is 31.1 Å².